The lowest BCUT2D eigenvalue weighted by molar-refractivity contribution is -0.173. The second-order valence-electron chi connectivity index (χ2n) is 11.5. The first-order valence-electron chi connectivity index (χ1n) is 12.5. The van der Waals surface area contributed by atoms with E-state index in [4.69, 9.17) is 4.84 Å². The van der Waals surface area contributed by atoms with Gasteiger partial charge >= 0.3 is 5.97 Å². The number of fused-ring (bicyclic) bond motifs is 2. The summed E-state index contributed by atoms with van der Waals surface area (Å²) in [6.45, 7) is 6.43. The van der Waals surface area contributed by atoms with Crippen LogP contribution in [0.5, 0.6) is 0 Å². The number of hydrogen-bond donors (Lipinski definition) is 1. The van der Waals surface area contributed by atoms with Crippen molar-refractivity contribution in [2.45, 2.75) is 84.7 Å². The largest absolute Gasteiger partial charge is 0.481 e. The third-order valence-corrected chi connectivity index (χ3v) is 10.0. The maximum absolute atomic E-state index is 13.3. The van der Waals surface area contributed by atoms with Crippen molar-refractivity contribution in [3.05, 3.63) is 11.6 Å². The summed E-state index contributed by atoms with van der Waals surface area (Å²) in [6.07, 6.45) is 14.4. The van der Waals surface area contributed by atoms with Crippen LogP contribution in [0, 0.1) is 45.8 Å². The van der Waals surface area contributed by atoms with E-state index in [-0.39, 0.29) is 23.9 Å². The molecular formula is C26H37NO4. The Morgan fingerprint density at radius 2 is 1.90 bits per heavy atom. The number of carbonyl (C=O) groups is 2. The number of carboxylic acids is 1. The Bertz CT molecular complexity index is 827. The highest BCUT2D eigenvalue weighted by Gasteiger charge is 2.84. The molecule has 1 N–H and O–H groups in total. The van der Waals surface area contributed by atoms with Crippen LogP contribution in [0.4, 0.5) is 0 Å². The Morgan fingerprint density at radius 1 is 1.16 bits per heavy atom. The average Bonchev–Trinajstić information content (AvgIpc) is 3.32. The summed E-state index contributed by atoms with van der Waals surface area (Å²) >= 11 is 0. The van der Waals surface area contributed by atoms with Crippen molar-refractivity contribution in [3.63, 3.8) is 0 Å². The Morgan fingerprint density at radius 3 is 2.55 bits per heavy atom. The molecule has 7 atom stereocenters. The number of aldehydes is 1. The molecule has 0 saturated heterocycles. The zero-order valence-corrected chi connectivity index (χ0v) is 19.2. The zero-order valence-electron chi connectivity index (χ0n) is 19.2. The molecule has 0 radical (unpaired) electrons. The predicted molar refractivity (Wildman–Crippen MR) is 118 cm³/mol. The van der Waals surface area contributed by atoms with Crippen LogP contribution in [0.3, 0.4) is 0 Å². The van der Waals surface area contributed by atoms with Crippen molar-refractivity contribution in [1.82, 2.24) is 0 Å². The van der Waals surface area contributed by atoms with Crippen LogP contribution >= 0.6 is 0 Å². The van der Waals surface area contributed by atoms with Crippen molar-refractivity contribution in [3.8, 4) is 0 Å². The van der Waals surface area contributed by atoms with Gasteiger partial charge in [-0.1, -0.05) is 50.4 Å². The van der Waals surface area contributed by atoms with E-state index in [1.807, 2.05) is 6.21 Å². The lowest BCUT2D eigenvalue weighted by Gasteiger charge is -2.57. The number of oxime groups is 1. The molecule has 4 bridgehead atoms. The molecular weight excluding hydrogens is 390 g/mol. The molecule has 0 aromatic rings. The van der Waals surface area contributed by atoms with Crippen LogP contribution in [0.2, 0.25) is 0 Å². The lowest BCUT2D eigenvalue weighted by Crippen LogP contribution is -2.63. The van der Waals surface area contributed by atoms with Gasteiger partial charge in [0.2, 0.25) is 0 Å². The molecule has 0 aromatic heterocycles. The first kappa shape index (κ1) is 21.2. The number of carboxylic acid groups (broad SMARTS) is 1. The predicted octanol–water partition coefficient (Wildman–Crippen LogP) is 5.25. The van der Waals surface area contributed by atoms with E-state index in [1.165, 1.54) is 19.3 Å². The third-order valence-electron chi connectivity index (χ3n) is 10.0. The van der Waals surface area contributed by atoms with Gasteiger partial charge in [0.25, 0.3) is 0 Å². The van der Waals surface area contributed by atoms with E-state index in [0.29, 0.717) is 18.3 Å². The van der Waals surface area contributed by atoms with Crippen molar-refractivity contribution >= 4 is 18.5 Å². The third kappa shape index (κ3) is 2.47. The molecule has 0 aromatic carbocycles. The molecule has 4 fully saturated rings. The van der Waals surface area contributed by atoms with Crippen molar-refractivity contribution in [2.24, 2.45) is 51.0 Å². The van der Waals surface area contributed by atoms with Gasteiger partial charge in [-0.15, -0.1) is 0 Å². The minimum atomic E-state index is -1.19. The first-order valence-corrected chi connectivity index (χ1v) is 12.5. The second kappa shape index (κ2) is 7.18. The van der Waals surface area contributed by atoms with Gasteiger partial charge in [0.15, 0.2) is 0 Å². The minimum Gasteiger partial charge on any atom is -0.481 e. The topological polar surface area (TPSA) is 76.0 Å². The molecule has 31 heavy (non-hydrogen) atoms. The van der Waals surface area contributed by atoms with Crippen LogP contribution in [-0.2, 0) is 14.4 Å². The zero-order chi connectivity index (χ0) is 22.0. The van der Waals surface area contributed by atoms with Crippen molar-refractivity contribution < 1.29 is 19.5 Å². The maximum Gasteiger partial charge on any atom is 0.315 e. The number of rotatable bonds is 6. The SMILES string of the molecule is CC(C)C1=CC2CC3(C=O)[C@@H]4CC[C@@H](C)[C@H]4CC2(/C=N/OC2CCCCC2)C13C(=O)O. The lowest BCUT2D eigenvalue weighted by atomic mass is 9.43. The highest BCUT2D eigenvalue weighted by molar-refractivity contribution is 5.96. The first-order chi connectivity index (χ1) is 14.8. The minimum absolute atomic E-state index is 0.0442. The Labute approximate surface area is 185 Å². The number of carbonyl (C=O) groups excluding carboxylic acids is 1. The van der Waals surface area contributed by atoms with E-state index in [9.17, 15) is 14.7 Å². The van der Waals surface area contributed by atoms with Gasteiger partial charge in [-0.2, -0.15) is 0 Å². The fourth-order valence-electron chi connectivity index (χ4n) is 8.87. The van der Waals surface area contributed by atoms with Gasteiger partial charge in [0.1, 0.15) is 17.8 Å². The highest BCUT2D eigenvalue weighted by atomic mass is 16.6. The fourth-order valence-corrected chi connectivity index (χ4v) is 8.87. The van der Waals surface area contributed by atoms with Gasteiger partial charge in [-0.3, -0.25) is 4.79 Å². The number of allylic oxidation sites excluding steroid dienone is 1. The standard InChI is InChI=1S/C26H37NO4/c1-16(2)22-11-18-12-25(15-28)21-10-9-17(3)20(21)13-24(18,26(22,25)23(29)30)14-27-31-19-7-5-4-6-8-19/h11,14-21H,4-10,12-13H2,1-3H3,(H,29,30)/b27-14+/t17-,18?,20-,21-,24?,25?,26?/m1/s1. The summed E-state index contributed by atoms with van der Waals surface area (Å²) in [7, 11) is 0. The smallest absolute Gasteiger partial charge is 0.315 e. The summed E-state index contributed by atoms with van der Waals surface area (Å²) in [5.74, 6) is 0.350. The quantitative estimate of drug-likeness (QED) is 0.272. The summed E-state index contributed by atoms with van der Waals surface area (Å²) in [5.41, 5.74) is -1.73. The van der Waals surface area contributed by atoms with Gasteiger partial charge in [-0.05, 0) is 74.5 Å². The van der Waals surface area contributed by atoms with Crippen LogP contribution in [0.15, 0.2) is 16.8 Å². The normalized spacial score (nSPS) is 46.4. The molecule has 4 saturated carbocycles. The summed E-state index contributed by atoms with van der Waals surface area (Å²) in [6, 6.07) is 0. The van der Waals surface area contributed by atoms with Gasteiger partial charge < -0.3 is 14.7 Å². The average molecular weight is 428 g/mol. The van der Waals surface area contributed by atoms with Gasteiger partial charge in [-0.25, -0.2) is 0 Å². The van der Waals surface area contributed by atoms with E-state index in [0.717, 1.165) is 44.0 Å². The number of aliphatic carboxylic acids is 1. The molecule has 170 valence electrons. The fraction of sp³-hybridized carbons (Fsp3) is 0.808. The van der Waals surface area contributed by atoms with E-state index in [1.54, 1.807) is 0 Å². The van der Waals surface area contributed by atoms with Crippen LogP contribution < -0.4 is 0 Å². The monoisotopic (exact) mass is 427 g/mol. The highest BCUT2D eigenvalue weighted by Crippen LogP contribution is 2.82. The number of hydrogen-bond acceptors (Lipinski definition) is 4. The summed E-state index contributed by atoms with van der Waals surface area (Å²) < 4.78 is 0. The molecule has 5 aliphatic carbocycles. The van der Waals surface area contributed by atoms with Gasteiger partial charge in [0, 0.05) is 5.41 Å². The molecule has 5 aliphatic rings. The van der Waals surface area contributed by atoms with Crippen LogP contribution in [0.1, 0.15) is 78.6 Å². The Hall–Kier alpha value is -1.65. The molecule has 0 heterocycles. The molecule has 5 rings (SSSR count). The molecule has 5 nitrogen and oxygen atoms in total. The molecule has 4 unspecified atom stereocenters. The second-order valence-corrected chi connectivity index (χ2v) is 11.5. The molecule has 0 spiro atoms. The Balaban J connectivity index is 1.63. The maximum atomic E-state index is 13.3. The van der Waals surface area contributed by atoms with Crippen molar-refractivity contribution in [2.75, 3.05) is 0 Å². The molecule has 0 aliphatic heterocycles. The van der Waals surface area contributed by atoms with Crippen LogP contribution in [0.25, 0.3) is 0 Å². The Kier molecular flexibility index (Phi) is 4.91. The van der Waals surface area contributed by atoms with E-state index < -0.39 is 22.2 Å². The van der Waals surface area contributed by atoms with Crippen molar-refractivity contribution in [1.29, 1.82) is 0 Å². The van der Waals surface area contributed by atoms with Gasteiger partial charge in [0.05, 0.1) is 11.6 Å². The van der Waals surface area contributed by atoms with Crippen LogP contribution in [-0.4, -0.2) is 29.7 Å². The van der Waals surface area contributed by atoms with E-state index >= 15 is 0 Å². The number of nitrogens with zero attached hydrogens (tertiary/aromatic N) is 1. The van der Waals surface area contributed by atoms with E-state index in [2.05, 4.69) is 32.0 Å². The summed E-state index contributed by atoms with van der Waals surface area (Å²) in [5, 5.41) is 15.4. The molecule has 0 amide bonds. The molecule has 5 heteroatoms. The summed E-state index contributed by atoms with van der Waals surface area (Å²) in [4.78, 5) is 32.2.